The molecule has 2 aliphatic heterocycles. The second kappa shape index (κ2) is 3.93. The fourth-order valence-electron chi connectivity index (χ4n) is 2.71. The van der Waals surface area contributed by atoms with Crippen molar-refractivity contribution in [2.45, 2.75) is 6.04 Å². The van der Waals surface area contributed by atoms with Crippen LogP contribution in [0.2, 0.25) is 0 Å². The molecular formula is C12H16BrN3. The van der Waals surface area contributed by atoms with Crippen molar-refractivity contribution in [1.82, 2.24) is 5.32 Å². The molecule has 0 spiro atoms. The molecule has 0 amide bonds. The van der Waals surface area contributed by atoms with Crippen molar-refractivity contribution < 1.29 is 0 Å². The van der Waals surface area contributed by atoms with Crippen LogP contribution < -0.4 is 15.1 Å². The van der Waals surface area contributed by atoms with Gasteiger partial charge in [-0.05, 0) is 18.2 Å². The van der Waals surface area contributed by atoms with Crippen LogP contribution in [0.4, 0.5) is 11.4 Å². The second-order valence-corrected chi connectivity index (χ2v) is 5.48. The molecule has 1 N–H and O–H groups in total. The molecule has 3 rings (SSSR count). The van der Waals surface area contributed by atoms with Gasteiger partial charge in [-0.2, -0.15) is 0 Å². The molecule has 0 aromatic heterocycles. The number of anilines is 2. The van der Waals surface area contributed by atoms with Crippen LogP contribution in [0.15, 0.2) is 22.7 Å². The van der Waals surface area contributed by atoms with Gasteiger partial charge in [0.25, 0.3) is 0 Å². The summed E-state index contributed by atoms with van der Waals surface area (Å²) in [6, 6.07) is 7.18. The number of likely N-dealkylation sites (N-methyl/N-ethyl adjacent to an activating group) is 1. The van der Waals surface area contributed by atoms with E-state index in [0.717, 1.165) is 26.2 Å². The van der Waals surface area contributed by atoms with Crippen LogP contribution in [0, 0.1) is 0 Å². The quantitative estimate of drug-likeness (QED) is 0.781. The van der Waals surface area contributed by atoms with Gasteiger partial charge in [0.15, 0.2) is 0 Å². The van der Waals surface area contributed by atoms with Crippen LogP contribution in [-0.4, -0.2) is 39.3 Å². The molecular weight excluding hydrogens is 266 g/mol. The molecule has 0 saturated carbocycles. The number of hydrogen-bond donors (Lipinski definition) is 1. The molecule has 1 atom stereocenters. The van der Waals surface area contributed by atoms with Gasteiger partial charge in [-0.15, -0.1) is 0 Å². The largest absolute Gasteiger partial charge is 0.371 e. The Bertz CT molecular complexity index is 407. The highest BCUT2D eigenvalue weighted by atomic mass is 79.9. The molecule has 2 heterocycles. The van der Waals surface area contributed by atoms with E-state index in [1.165, 1.54) is 15.8 Å². The number of nitrogens with one attached hydrogen (secondary N) is 1. The Morgan fingerprint density at radius 2 is 2.25 bits per heavy atom. The number of benzene rings is 1. The van der Waals surface area contributed by atoms with E-state index in [1.807, 2.05) is 0 Å². The summed E-state index contributed by atoms with van der Waals surface area (Å²) in [5.41, 5.74) is 2.72. The van der Waals surface area contributed by atoms with E-state index in [2.05, 4.69) is 56.3 Å². The van der Waals surface area contributed by atoms with Crippen LogP contribution in [0.5, 0.6) is 0 Å². The third kappa shape index (κ3) is 1.60. The molecule has 1 aromatic carbocycles. The highest BCUT2D eigenvalue weighted by Gasteiger charge is 2.30. The maximum atomic E-state index is 3.57. The van der Waals surface area contributed by atoms with E-state index in [9.17, 15) is 0 Å². The van der Waals surface area contributed by atoms with Gasteiger partial charge >= 0.3 is 0 Å². The summed E-state index contributed by atoms with van der Waals surface area (Å²) >= 11 is 3.57. The highest BCUT2D eigenvalue weighted by molar-refractivity contribution is 9.10. The number of fused-ring (bicyclic) bond motifs is 3. The molecule has 1 aromatic rings. The van der Waals surface area contributed by atoms with E-state index in [-0.39, 0.29) is 0 Å². The normalized spacial score (nSPS) is 24.0. The first kappa shape index (κ1) is 10.4. The molecule has 1 saturated heterocycles. The van der Waals surface area contributed by atoms with E-state index < -0.39 is 0 Å². The van der Waals surface area contributed by atoms with Crippen molar-refractivity contribution in [3.05, 3.63) is 22.7 Å². The van der Waals surface area contributed by atoms with Gasteiger partial charge in [-0.1, -0.05) is 15.9 Å². The lowest BCUT2D eigenvalue weighted by Crippen LogP contribution is -2.58. The first-order chi connectivity index (χ1) is 7.75. The Labute approximate surface area is 105 Å². The minimum absolute atomic E-state index is 0.612. The molecule has 16 heavy (non-hydrogen) atoms. The van der Waals surface area contributed by atoms with Crippen molar-refractivity contribution in [2.75, 3.05) is 43.0 Å². The maximum absolute atomic E-state index is 3.57. The van der Waals surface area contributed by atoms with Crippen LogP contribution in [-0.2, 0) is 0 Å². The number of halogens is 1. The molecule has 4 heteroatoms. The van der Waals surface area contributed by atoms with E-state index in [4.69, 9.17) is 0 Å². The summed E-state index contributed by atoms with van der Waals surface area (Å²) in [4.78, 5) is 4.90. The van der Waals surface area contributed by atoms with Crippen LogP contribution in [0.25, 0.3) is 0 Å². The number of piperazine rings is 1. The van der Waals surface area contributed by atoms with Gasteiger partial charge in [0.05, 0.1) is 17.4 Å². The number of nitrogens with zero attached hydrogens (tertiary/aromatic N) is 2. The summed E-state index contributed by atoms with van der Waals surface area (Å²) in [5.74, 6) is 0. The van der Waals surface area contributed by atoms with E-state index >= 15 is 0 Å². The van der Waals surface area contributed by atoms with Gasteiger partial charge in [-0.3, -0.25) is 0 Å². The first-order valence-electron chi connectivity index (χ1n) is 5.74. The Morgan fingerprint density at radius 1 is 1.38 bits per heavy atom. The highest BCUT2D eigenvalue weighted by Crippen LogP contribution is 2.36. The summed E-state index contributed by atoms with van der Waals surface area (Å²) < 4.78 is 1.17. The Kier molecular flexibility index (Phi) is 2.56. The third-order valence-corrected chi connectivity index (χ3v) is 3.99. The minimum Gasteiger partial charge on any atom is -0.371 e. The van der Waals surface area contributed by atoms with Gasteiger partial charge < -0.3 is 15.1 Å². The Balaban J connectivity index is 2.05. The summed E-state index contributed by atoms with van der Waals surface area (Å²) in [6.45, 7) is 4.41. The zero-order valence-electron chi connectivity index (χ0n) is 9.41. The van der Waals surface area contributed by atoms with Gasteiger partial charge in [0.2, 0.25) is 0 Å². The van der Waals surface area contributed by atoms with Gasteiger partial charge in [0, 0.05) is 37.7 Å². The molecule has 0 radical (unpaired) electrons. The predicted molar refractivity (Wildman–Crippen MR) is 71.4 cm³/mol. The van der Waals surface area contributed by atoms with Gasteiger partial charge in [-0.25, -0.2) is 0 Å². The van der Waals surface area contributed by atoms with Gasteiger partial charge in [0.1, 0.15) is 0 Å². The van der Waals surface area contributed by atoms with Crippen molar-refractivity contribution in [2.24, 2.45) is 0 Å². The van der Waals surface area contributed by atoms with Crippen molar-refractivity contribution in [3.8, 4) is 0 Å². The Morgan fingerprint density at radius 3 is 3.12 bits per heavy atom. The Hall–Kier alpha value is -0.740. The SMILES string of the molecule is CN1CC2CNCCN2c2cc(Br)ccc21. The van der Waals surface area contributed by atoms with Crippen molar-refractivity contribution >= 4 is 27.3 Å². The molecule has 1 unspecified atom stereocenters. The first-order valence-corrected chi connectivity index (χ1v) is 6.53. The molecule has 1 fully saturated rings. The van der Waals surface area contributed by atoms with Crippen LogP contribution in [0.3, 0.4) is 0 Å². The number of rotatable bonds is 0. The predicted octanol–water partition coefficient (Wildman–Crippen LogP) is 1.68. The second-order valence-electron chi connectivity index (χ2n) is 4.56. The lowest BCUT2D eigenvalue weighted by atomic mass is 10.1. The fraction of sp³-hybridized carbons (Fsp3) is 0.500. The van der Waals surface area contributed by atoms with Crippen LogP contribution in [0.1, 0.15) is 0 Å². The van der Waals surface area contributed by atoms with Crippen molar-refractivity contribution in [3.63, 3.8) is 0 Å². The summed E-state index contributed by atoms with van der Waals surface area (Å²) in [5, 5.41) is 3.47. The lowest BCUT2D eigenvalue weighted by Gasteiger charge is -2.46. The summed E-state index contributed by atoms with van der Waals surface area (Å²) in [7, 11) is 2.18. The average molecular weight is 282 g/mol. The zero-order chi connectivity index (χ0) is 11.1. The molecule has 2 aliphatic rings. The zero-order valence-corrected chi connectivity index (χ0v) is 11.0. The average Bonchev–Trinajstić information content (AvgIpc) is 2.29. The smallest absolute Gasteiger partial charge is 0.0619 e. The molecule has 86 valence electrons. The van der Waals surface area contributed by atoms with Crippen LogP contribution >= 0.6 is 15.9 Å². The molecule has 3 nitrogen and oxygen atoms in total. The van der Waals surface area contributed by atoms with E-state index in [1.54, 1.807) is 0 Å². The monoisotopic (exact) mass is 281 g/mol. The molecule has 0 aliphatic carbocycles. The fourth-order valence-corrected chi connectivity index (χ4v) is 3.05. The minimum atomic E-state index is 0.612. The lowest BCUT2D eigenvalue weighted by molar-refractivity contribution is 0.466. The maximum Gasteiger partial charge on any atom is 0.0619 e. The molecule has 0 bridgehead atoms. The third-order valence-electron chi connectivity index (χ3n) is 3.49. The van der Waals surface area contributed by atoms with Crippen molar-refractivity contribution in [1.29, 1.82) is 0 Å². The topological polar surface area (TPSA) is 18.5 Å². The number of hydrogen-bond acceptors (Lipinski definition) is 3. The standard InChI is InChI=1S/C12H16BrN3/c1-15-8-10-7-14-4-5-16(10)12-6-9(13)2-3-11(12)15/h2-3,6,10,14H,4-5,7-8H2,1H3. The summed E-state index contributed by atoms with van der Waals surface area (Å²) in [6.07, 6.45) is 0. The van der Waals surface area contributed by atoms with E-state index in [0.29, 0.717) is 6.04 Å².